The molecule has 0 radical (unpaired) electrons. The zero-order valence-electron chi connectivity index (χ0n) is 24.6. The molecular weight excluding hydrogens is 624 g/mol. The van der Waals surface area contributed by atoms with Gasteiger partial charge in [-0.1, -0.05) is 0 Å². The number of halogens is 6. The van der Waals surface area contributed by atoms with Gasteiger partial charge in [0, 0.05) is 36.9 Å². The number of fused-ring (bicyclic) bond motifs is 1. The van der Waals surface area contributed by atoms with Crippen molar-refractivity contribution in [3.05, 3.63) is 57.4 Å². The quantitative estimate of drug-likeness (QED) is 0.199. The summed E-state index contributed by atoms with van der Waals surface area (Å²) in [5, 5.41) is 6.29. The predicted molar refractivity (Wildman–Crippen MR) is 158 cm³/mol. The summed E-state index contributed by atoms with van der Waals surface area (Å²) in [7, 11) is 0. The summed E-state index contributed by atoms with van der Waals surface area (Å²) in [6, 6.07) is 6.75. The van der Waals surface area contributed by atoms with Crippen molar-refractivity contribution in [1.82, 2.24) is 14.8 Å². The van der Waals surface area contributed by atoms with Crippen molar-refractivity contribution in [1.29, 1.82) is 0 Å². The summed E-state index contributed by atoms with van der Waals surface area (Å²) in [6.07, 6.45) is -6.71. The number of rotatable bonds is 8. The smallest absolute Gasteiger partial charge is 0.382 e. The molecule has 2 aromatic carbocycles. The average molecular weight is 658 g/mol. The zero-order valence-corrected chi connectivity index (χ0v) is 25.4. The normalized spacial score (nSPS) is 23.3. The van der Waals surface area contributed by atoms with Crippen LogP contribution in [0.15, 0.2) is 41.6 Å². The van der Waals surface area contributed by atoms with Gasteiger partial charge >= 0.3 is 12.4 Å². The Morgan fingerprint density at radius 1 is 1.00 bits per heavy atom. The lowest BCUT2D eigenvalue weighted by Gasteiger charge is -2.44. The van der Waals surface area contributed by atoms with Crippen molar-refractivity contribution in [2.24, 2.45) is 5.18 Å². The molecule has 15 heteroatoms. The maximum Gasteiger partial charge on any atom is 0.418 e. The van der Waals surface area contributed by atoms with E-state index in [0.717, 1.165) is 24.3 Å². The third-order valence-corrected chi connectivity index (χ3v) is 9.44. The molecule has 2 aliphatic rings. The van der Waals surface area contributed by atoms with Crippen molar-refractivity contribution in [2.75, 3.05) is 25.0 Å². The van der Waals surface area contributed by atoms with Crippen LogP contribution < -0.4 is 5.32 Å². The monoisotopic (exact) mass is 657 g/mol. The maximum absolute atomic E-state index is 13.3. The van der Waals surface area contributed by atoms with Crippen LogP contribution in [0.4, 0.5) is 37.7 Å². The van der Waals surface area contributed by atoms with E-state index in [1.54, 1.807) is 4.90 Å². The van der Waals surface area contributed by atoms with Gasteiger partial charge in [-0.15, -0.1) is 16.2 Å². The molecule has 0 bridgehead atoms. The first-order valence-electron chi connectivity index (χ1n) is 14.6. The van der Waals surface area contributed by atoms with Gasteiger partial charge in [-0.25, -0.2) is 4.98 Å². The fourth-order valence-corrected chi connectivity index (χ4v) is 6.95. The SMILES string of the molecule is C[C@@H]1CN(Cc2nc3cc(C(F)(F)F)ccc3s2)[C@@H](C)CN1C(=O)COC1CCC(Nc2ccc(N=O)c(C(F)(F)F)c2)CC1. The number of nitroso groups, excluding NO2 is 1. The van der Waals surface area contributed by atoms with Gasteiger partial charge in [0.25, 0.3) is 0 Å². The molecular formula is C30H33F6N5O3S. The van der Waals surface area contributed by atoms with E-state index in [-0.39, 0.29) is 42.4 Å². The Morgan fingerprint density at radius 2 is 1.73 bits per heavy atom. The van der Waals surface area contributed by atoms with Crippen molar-refractivity contribution in [2.45, 2.75) is 82.7 Å². The van der Waals surface area contributed by atoms with Crippen LogP contribution in [0.1, 0.15) is 55.7 Å². The summed E-state index contributed by atoms with van der Waals surface area (Å²) in [4.78, 5) is 32.3. The number of ether oxygens (including phenoxy) is 1. The molecule has 1 aliphatic carbocycles. The van der Waals surface area contributed by atoms with Crippen LogP contribution in [0.2, 0.25) is 0 Å². The minimum Gasteiger partial charge on any atom is -0.382 e. The lowest BCUT2D eigenvalue weighted by atomic mass is 9.92. The highest BCUT2D eigenvalue weighted by atomic mass is 32.1. The number of piperazine rings is 1. The topological polar surface area (TPSA) is 87.1 Å². The third kappa shape index (κ3) is 7.93. The lowest BCUT2D eigenvalue weighted by Crippen LogP contribution is -2.58. The highest BCUT2D eigenvalue weighted by Gasteiger charge is 2.36. The Balaban J connectivity index is 1.08. The second-order valence-electron chi connectivity index (χ2n) is 11.7. The van der Waals surface area contributed by atoms with Crippen molar-refractivity contribution >= 4 is 38.8 Å². The van der Waals surface area contributed by atoms with Gasteiger partial charge < -0.3 is 15.0 Å². The summed E-state index contributed by atoms with van der Waals surface area (Å²) >= 11 is 1.36. The minimum absolute atomic E-state index is 0.00125. The van der Waals surface area contributed by atoms with Gasteiger partial charge in [0.1, 0.15) is 17.3 Å². The molecule has 2 heterocycles. The molecule has 1 aromatic heterocycles. The van der Waals surface area contributed by atoms with Gasteiger partial charge in [-0.3, -0.25) is 9.69 Å². The molecule has 0 spiro atoms. The van der Waals surface area contributed by atoms with Gasteiger partial charge in [-0.05, 0) is 81.1 Å². The fourth-order valence-electron chi connectivity index (χ4n) is 5.97. The van der Waals surface area contributed by atoms with E-state index in [1.807, 2.05) is 13.8 Å². The Hall–Kier alpha value is -3.30. The standard InChI is InChI=1S/C30H33F6N5O3S/c1-17-14-41(18(2)13-40(17)15-27-38-25-11-19(29(31,32)33)3-10-26(25)45-27)28(42)16-44-22-7-4-20(5-8-22)37-21-6-9-24(39-43)23(12-21)30(34,35)36/h3,6,9-12,17-18,20,22,37H,4-5,7-8,13-16H2,1-2H3/t17-,18+,20?,22?/m0/s1. The molecule has 3 aromatic rings. The molecule has 0 unspecified atom stereocenters. The molecule has 5 rings (SSSR count). The molecule has 1 saturated carbocycles. The summed E-state index contributed by atoms with van der Waals surface area (Å²) < 4.78 is 85.7. The molecule has 1 aliphatic heterocycles. The number of carbonyl (C=O) groups is 1. The van der Waals surface area contributed by atoms with E-state index in [9.17, 15) is 36.0 Å². The van der Waals surface area contributed by atoms with Crippen LogP contribution in [-0.2, 0) is 28.4 Å². The molecule has 8 nitrogen and oxygen atoms in total. The Bertz CT molecular complexity index is 1520. The number of amides is 1. The second kappa shape index (κ2) is 13.2. The van der Waals surface area contributed by atoms with E-state index in [1.165, 1.54) is 23.5 Å². The lowest BCUT2D eigenvalue weighted by molar-refractivity contribution is -0.145. The van der Waals surface area contributed by atoms with Gasteiger partial charge in [0.05, 0.1) is 34.0 Å². The summed E-state index contributed by atoms with van der Waals surface area (Å²) in [5.74, 6) is -0.127. The summed E-state index contributed by atoms with van der Waals surface area (Å²) in [6.45, 7) is 5.39. The summed E-state index contributed by atoms with van der Waals surface area (Å²) in [5.41, 5.74) is -1.88. The largest absolute Gasteiger partial charge is 0.418 e. The highest BCUT2D eigenvalue weighted by Crippen LogP contribution is 2.38. The van der Waals surface area contributed by atoms with Crippen LogP contribution in [0.25, 0.3) is 10.2 Å². The Morgan fingerprint density at radius 3 is 2.40 bits per heavy atom. The Kier molecular flexibility index (Phi) is 9.70. The zero-order chi connectivity index (χ0) is 32.5. The molecule has 45 heavy (non-hydrogen) atoms. The van der Waals surface area contributed by atoms with Crippen LogP contribution >= 0.6 is 11.3 Å². The maximum atomic E-state index is 13.3. The second-order valence-corrected chi connectivity index (χ2v) is 12.8. The number of nitrogens with one attached hydrogen (secondary N) is 1. The highest BCUT2D eigenvalue weighted by molar-refractivity contribution is 7.18. The van der Waals surface area contributed by atoms with Crippen LogP contribution in [0.3, 0.4) is 0 Å². The first kappa shape index (κ1) is 33.1. The molecule has 2 atom stereocenters. The number of hydrogen-bond acceptors (Lipinski definition) is 8. The minimum atomic E-state index is -4.69. The van der Waals surface area contributed by atoms with Gasteiger partial charge in [-0.2, -0.15) is 26.3 Å². The Labute approximate surface area is 259 Å². The van der Waals surface area contributed by atoms with Crippen molar-refractivity contribution in [3.8, 4) is 0 Å². The number of anilines is 1. The molecule has 244 valence electrons. The number of benzene rings is 2. The number of aromatic nitrogens is 1. The van der Waals surface area contributed by atoms with E-state index in [0.29, 0.717) is 60.5 Å². The van der Waals surface area contributed by atoms with E-state index < -0.39 is 29.2 Å². The number of carbonyl (C=O) groups excluding carboxylic acids is 1. The molecule has 2 fully saturated rings. The average Bonchev–Trinajstić information content (AvgIpc) is 3.39. The van der Waals surface area contributed by atoms with E-state index in [2.05, 4.69) is 20.4 Å². The number of hydrogen-bond donors (Lipinski definition) is 1. The number of alkyl halides is 6. The van der Waals surface area contributed by atoms with E-state index in [4.69, 9.17) is 4.74 Å². The number of nitrogens with zero attached hydrogens (tertiary/aromatic N) is 4. The van der Waals surface area contributed by atoms with E-state index >= 15 is 0 Å². The fraction of sp³-hybridized carbons (Fsp3) is 0.533. The first-order valence-corrected chi connectivity index (χ1v) is 15.5. The molecule has 1 amide bonds. The van der Waals surface area contributed by atoms with Crippen molar-refractivity contribution in [3.63, 3.8) is 0 Å². The van der Waals surface area contributed by atoms with Crippen molar-refractivity contribution < 1.29 is 35.9 Å². The van der Waals surface area contributed by atoms with Gasteiger partial charge in [0.15, 0.2) is 0 Å². The first-order chi connectivity index (χ1) is 21.2. The molecule has 1 N–H and O–H groups in total. The van der Waals surface area contributed by atoms with Gasteiger partial charge in [0.2, 0.25) is 5.91 Å². The van der Waals surface area contributed by atoms with Crippen LogP contribution in [-0.4, -0.2) is 64.6 Å². The molecule has 1 saturated heterocycles. The predicted octanol–water partition coefficient (Wildman–Crippen LogP) is 7.59. The third-order valence-electron chi connectivity index (χ3n) is 8.42. The number of thiazole rings is 1. The van der Waals surface area contributed by atoms with Crippen LogP contribution in [0, 0.1) is 4.91 Å². The van der Waals surface area contributed by atoms with Crippen LogP contribution in [0.5, 0.6) is 0 Å².